The third-order valence-corrected chi connectivity index (χ3v) is 2.47. The minimum atomic E-state index is -0.294. The Morgan fingerprint density at radius 1 is 1.44 bits per heavy atom. The molecule has 1 unspecified atom stereocenters. The number of aromatic hydroxyl groups is 1. The van der Waals surface area contributed by atoms with Gasteiger partial charge in [-0.15, -0.1) is 0 Å². The van der Waals surface area contributed by atoms with E-state index in [1.807, 2.05) is 6.07 Å². The van der Waals surface area contributed by atoms with Crippen molar-refractivity contribution in [1.82, 2.24) is 0 Å². The van der Waals surface area contributed by atoms with E-state index < -0.39 is 0 Å². The monoisotopic (exact) mass is 222 g/mol. The molecule has 1 aromatic rings. The van der Waals surface area contributed by atoms with Gasteiger partial charge in [0.15, 0.2) is 0 Å². The van der Waals surface area contributed by atoms with Gasteiger partial charge in [-0.1, -0.05) is 26.0 Å². The lowest BCUT2D eigenvalue weighted by Gasteiger charge is -2.17. The van der Waals surface area contributed by atoms with Gasteiger partial charge in [0, 0.05) is 0 Å². The van der Waals surface area contributed by atoms with E-state index in [1.54, 1.807) is 18.2 Å². The molecule has 0 saturated heterocycles. The third kappa shape index (κ3) is 3.26. The fraction of sp³-hybridized carbons (Fsp3) is 0.462. The van der Waals surface area contributed by atoms with Gasteiger partial charge in [-0.05, 0) is 30.0 Å². The minimum absolute atomic E-state index is 0.176. The predicted octanol–water partition coefficient (Wildman–Crippen LogP) is 2.69. The van der Waals surface area contributed by atoms with Crippen molar-refractivity contribution in [2.75, 3.05) is 7.11 Å². The van der Waals surface area contributed by atoms with Gasteiger partial charge in [-0.2, -0.15) is 0 Å². The number of benzene rings is 1. The average molecular weight is 222 g/mol. The molecule has 0 bridgehead atoms. The molecule has 1 atom stereocenters. The standard InChI is InChI=1S/C13H18O3/c1-9(2)7-12(13(15)16-3)10-5-4-6-11(14)8-10/h4-6,8-9,12,14H,7H2,1-3H3. The molecule has 0 aliphatic carbocycles. The maximum absolute atomic E-state index is 11.7. The van der Waals surface area contributed by atoms with Crippen molar-refractivity contribution < 1.29 is 14.6 Å². The van der Waals surface area contributed by atoms with E-state index in [2.05, 4.69) is 13.8 Å². The van der Waals surface area contributed by atoms with Crippen molar-refractivity contribution in [3.63, 3.8) is 0 Å². The average Bonchev–Trinajstić information content (AvgIpc) is 2.24. The van der Waals surface area contributed by atoms with Gasteiger partial charge in [0.2, 0.25) is 0 Å². The molecule has 0 aliphatic heterocycles. The fourth-order valence-corrected chi connectivity index (χ4v) is 1.72. The highest BCUT2D eigenvalue weighted by atomic mass is 16.5. The van der Waals surface area contributed by atoms with Crippen LogP contribution in [0.5, 0.6) is 5.75 Å². The summed E-state index contributed by atoms with van der Waals surface area (Å²) in [5.74, 6) is 0.0259. The highest BCUT2D eigenvalue weighted by Gasteiger charge is 2.22. The molecule has 88 valence electrons. The first kappa shape index (κ1) is 12.6. The molecule has 0 fully saturated rings. The van der Waals surface area contributed by atoms with Crippen molar-refractivity contribution >= 4 is 5.97 Å². The summed E-state index contributed by atoms with van der Waals surface area (Å²) in [5.41, 5.74) is 0.806. The van der Waals surface area contributed by atoms with E-state index in [0.717, 1.165) is 12.0 Å². The molecule has 3 nitrogen and oxygen atoms in total. The Labute approximate surface area is 96.1 Å². The van der Waals surface area contributed by atoms with E-state index in [0.29, 0.717) is 5.92 Å². The van der Waals surface area contributed by atoms with Crippen LogP contribution in [0.1, 0.15) is 31.7 Å². The van der Waals surface area contributed by atoms with E-state index in [-0.39, 0.29) is 17.6 Å². The maximum Gasteiger partial charge on any atom is 0.313 e. The van der Waals surface area contributed by atoms with Crippen LogP contribution in [-0.4, -0.2) is 18.2 Å². The molecule has 0 heterocycles. The topological polar surface area (TPSA) is 46.5 Å². The van der Waals surface area contributed by atoms with Crippen LogP contribution >= 0.6 is 0 Å². The van der Waals surface area contributed by atoms with E-state index in [4.69, 9.17) is 4.74 Å². The van der Waals surface area contributed by atoms with Gasteiger partial charge in [-0.3, -0.25) is 4.79 Å². The third-order valence-electron chi connectivity index (χ3n) is 2.47. The van der Waals surface area contributed by atoms with Crippen LogP contribution in [0, 0.1) is 5.92 Å². The van der Waals surface area contributed by atoms with Crippen molar-refractivity contribution in [2.45, 2.75) is 26.2 Å². The first-order chi connectivity index (χ1) is 7.54. The molecule has 0 aromatic heterocycles. The zero-order valence-electron chi connectivity index (χ0n) is 9.93. The normalized spacial score (nSPS) is 12.5. The van der Waals surface area contributed by atoms with Crippen LogP contribution in [0.2, 0.25) is 0 Å². The Morgan fingerprint density at radius 3 is 2.62 bits per heavy atom. The molecule has 1 N–H and O–H groups in total. The molecule has 1 rings (SSSR count). The summed E-state index contributed by atoms with van der Waals surface area (Å²) in [6.45, 7) is 4.11. The second-order valence-electron chi connectivity index (χ2n) is 4.30. The lowest BCUT2D eigenvalue weighted by molar-refractivity contribution is -0.142. The summed E-state index contributed by atoms with van der Waals surface area (Å²) in [4.78, 5) is 11.7. The molecule has 0 aliphatic rings. The first-order valence-electron chi connectivity index (χ1n) is 5.41. The second-order valence-corrected chi connectivity index (χ2v) is 4.30. The van der Waals surface area contributed by atoms with Crippen molar-refractivity contribution in [2.24, 2.45) is 5.92 Å². The smallest absolute Gasteiger partial charge is 0.313 e. The number of carbonyl (C=O) groups is 1. The van der Waals surface area contributed by atoms with Crippen LogP contribution in [0.15, 0.2) is 24.3 Å². The number of hydrogen-bond acceptors (Lipinski definition) is 3. The van der Waals surface area contributed by atoms with Crippen molar-refractivity contribution in [3.05, 3.63) is 29.8 Å². The molecule has 1 aromatic carbocycles. The van der Waals surface area contributed by atoms with Crippen LogP contribution in [0.25, 0.3) is 0 Å². The van der Waals surface area contributed by atoms with E-state index >= 15 is 0 Å². The number of rotatable bonds is 4. The van der Waals surface area contributed by atoms with Gasteiger partial charge in [-0.25, -0.2) is 0 Å². The fourth-order valence-electron chi connectivity index (χ4n) is 1.72. The number of hydrogen-bond donors (Lipinski definition) is 1. The van der Waals surface area contributed by atoms with Crippen LogP contribution in [-0.2, 0) is 9.53 Å². The predicted molar refractivity (Wildman–Crippen MR) is 62.3 cm³/mol. The molecule has 16 heavy (non-hydrogen) atoms. The lowest BCUT2D eigenvalue weighted by Crippen LogP contribution is -2.16. The number of ether oxygens (including phenoxy) is 1. The molecule has 0 radical (unpaired) electrons. The van der Waals surface area contributed by atoms with E-state index in [9.17, 15) is 9.90 Å². The molecular weight excluding hydrogens is 204 g/mol. The highest BCUT2D eigenvalue weighted by Crippen LogP contribution is 2.27. The summed E-state index contributed by atoms with van der Waals surface area (Å²) in [7, 11) is 1.39. The Kier molecular flexibility index (Phi) is 4.35. The Bertz CT molecular complexity index is 358. The molecule has 0 saturated carbocycles. The largest absolute Gasteiger partial charge is 0.508 e. The summed E-state index contributed by atoms with van der Waals surface area (Å²) in [6.07, 6.45) is 0.718. The summed E-state index contributed by atoms with van der Waals surface area (Å²) < 4.78 is 4.79. The Morgan fingerprint density at radius 2 is 2.12 bits per heavy atom. The summed E-state index contributed by atoms with van der Waals surface area (Å²) in [6, 6.07) is 6.78. The number of methoxy groups -OCH3 is 1. The number of esters is 1. The zero-order valence-corrected chi connectivity index (χ0v) is 9.93. The van der Waals surface area contributed by atoms with Gasteiger partial charge in [0.25, 0.3) is 0 Å². The highest BCUT2D eigenvalue weighted by molar-refractivity contribution is 5.78. The van der Waals surface area contributed by atoms with Gasteiger partial charge in [0.05, 0.1) is 13.0 Å². The lowest BCUT2D eigenvalue weighted by atomic mass is 9.90. The van der Waals surface area contributed by atoms with Crippen LogP contribution in [0.4, 0.5) is 0 Å². The van der Waals surface area contributed by atoms with Gasteiger partial charge in [0.1, 0.15) is 5.75 Å². The number of phenols is 1. The van der Waals surface area contributed by atoms with Crippen molar-refractivity contribution in [3.8, 4) is 5.75 Å². The van der Waals surface area contributed by atoms with Gasteiger partial charge >= 0.3 is 5.97 Å². The molecular formula is C13H18O3. The quantitative estimate of drug-likeness (QED) is 0.797. The summed E-state index contributed by atoms with van der Waals surface area (Å²) >= 11 is 0. The van der Waals surface area contributed by atoms with Gasteiger partial charge < -0.3 is 9.84 Å². The molecule has 0 amide bonds. The SMILES string of the molecule is COC(=O)C(CC(C)C)c1cccc(O)c1. The second kappa shape index (κ2) is 5.54. The first-order valence-corrected chi connectivity index (χ1v) is 5.41. The Hall–Kier alpha value is -1.51. The maximum atomic E-state index is 11.7. The summed E-state index contributed by atoms with van der Waals surface area (Å²) in [5, 5.41) is 9.40. The molecule has 0 spiro atoms. The number of carbonyl (C=O) groups excluding carboxylic acids is 1. The van der Waals surface area contributed by atoms with Crippen LogP contribution < -0.4 is 0 Å². The number of phenolic OH excluding ortho intramolecular Hbond substituents is 1. The minimum Gasteiger partial charge on any atom is -0.508 e. The van der Waals surface area contributed by atoms with Crippen molar-refractivity contribution in [1.29, 1.82) is 0 Å². The zero-order chi connectivity index (χ0) is 12.1. The van der Waals surface area contributed by atoms with E-state index in [1.165, 1.54) is 7.11 Å². The molecule has 3 heteroatoms. The van der Waals surface area contributed by atoms with Crippen LogP contribution in [0.3, 0.4) is 0 Å². The Balaban J connectivity index is 2.96.